The van der Waals surface area contributed by atoms with E-state index in [0.717, 1.165) is 11.4 Å². The number of carbonyl (C=O) groups excluding carboxylic acids is 1. The van der Waals surface area contributed by atoms with Crippen LogP contribution < -0.4 is 21.1 Å². The molecule has 4 N–H and O–H groups in total. The Bertz CT molecular complexity index is 660. The van der Waals surface area contributed by atoms with Crippen LogP contribution in [0.25, 0.3) is 0 Å². The third-order valence-corrected chi connectivity index (χ3v) is 3.08. The lowest BCUT2D eigenvalue weighted by Gasteiger charge is -2.07. The fourth-order valence-corrected chi connectivity index (χ4v) is 1.90. The largest absolute Gasteiger partial charge is 0.497 e. The van der Waals surface area contributed by atoms with Crippen LogP contribution >= 0.6 is 24.0 Å². The summed E-state index contributed by atoms with van der Waals surface area (Å²) in [5.74, 6) is 0.946. The van der Waals surface area contributed by atoms with Crippen molar-refractivity contribution in [1.29, 1.82) is 0 Å². The van der Waals surface area contributed by atoms with Gasteiger partial charge >= 0.3 is 0 Å². The highest BCUT2D eigenvalue weighted by Crippen LogP contribution is 2.14. The van der Waals surface area contributed by atoms with Crippen LogP contribution in [0.5, 0.6) is 5.75 Å². The monoisotopic (exact) mass is 440 g/mol. The van der Waals surface area contributed by atoms with E-state index < -0.39 is 0 Å². The third kappa shape index (κ3) is 6.45. The van der Waals surface area contributed by atoms with Gasteiger partial charge in [-0.25, -0.2) is 0 Å². The number of nitrogens with zero attached hydrogens (tertiary/aromatic N) is 1. The smallest absolute Gasteiger partial charge is 0.251 e. The highest BCUT2D eigenvalue weighted by atomic mass is 127. The quantitative estimate of drug-likeness (QED) is 0.279. The first-order valence-electron chi connectivity index (χ1n) is 7.23. The van der Waals surface area contributed by atoms with E-state index >= 15 is 0 Å². The number of anilines is 1. The summed E-state index contributed by atoms with van der Waals surface area (Å²) in [6.07, 6.45) is 0. The van der Waals surface area contributed by atoms with E-state index in [9.17, 15) is 4.79 Å². The number of aliphatic imine (C=N–C) groups is 1. The van der Waals surface area contributed by atoms with Crippen molar-refractivity contribution in [1.82, 2.24) is 5.32 Å². The summed E-state index contributed by atoms with van der Waals surface area (Å²) >= 11 is 0. The molecule has 1 amide bonds. The average Bonchev–Trinajstić information content (AvgIpc) is 2.60. The van der Waals surface area contributed by atoms with E-state index in [1.165, 1.54) is 0 Å². The molecular formula is C17H21IN4O2. The maximum Gasteiger partial charge on any atom is 0.251 e. The van der Waals surface area contributed by atoms with E-state index in [0.29, 0.717) is 24.6 Å². The molecule has 0 fully saturated rings. The second-order valence-corrected chi connectivity index (χ2v) is 4.74. The number of nitrogens with two attached hydrogens (primary N) is 1. The summed E-state index contributed by atoms with van der Waals surface area (Å²) in [5.41, 5.74) is 7.24. The summed E-state index contributed by atoms with van der Waals surface area (Å²) in [6, 6.07) is 16.4. The van der Waals surface area contributed by atoms with Gasteiger partial charge < -0.3 is 21.1 Å². The molecule has 2 aromatic carbocycles. The third-order valence-electron chi connectivity index (χ3n) is 3.08. The molecule has 0 radical (unpaired) electrons. The molecule has 0 unspecified atom stereocenters. The molecule has 0 aliphatic rings. The minimum Gasteiger partial charge on any atom is -0.497 e. The lowest BCUT2D eigenvalue weighted by molar-refractivity contribution is 0.0955. The Balaban J connectivity index is 0.00000288. The Hall–Kier alpha value is -2.29. The number of nitrogens with one attached hydrogen (secondary N) is 2. The molecule has 0 atom stereocenters. The van der Waals surface area contributed by atoms with Crippen molar-refractivity contribution in [3.63, 3.8) is 0 Å². The number of rotatable bonds is 6. The zero-order chi connectivity index (χ0) is 16.5. The second kappa shape index (κ2) is 10.5. The van der Waals surface area contributed by atoms with Gasteiger partial charge in [-0.05, 0) is 36.4 Å². The van der Waals surface area contributed by atoms with Crippen molar-refractivity contribution in [3.8, 4) is 5.75 Å². The van der Waals surface area contributed by atoms with Crippen LogP contribution in [-0.4, -0.2) is 32.1 Å². The van der Waals surface area contributed by atoms with E-state index in [4.69, 9.17) is 10.5 Å². The Morgan fingerprint density at radius 2 is 1.79 bits per heavy atom. The summed E-state index contributed by atoms with van der Waals surface area (Å²) in [4.78, 5) is 16.0. The first-order chi connectivity index (χ1) is 11.2. The number of benzene rings is 2. The molecular weight excluding hydrogens is 419 g/mol. The molecule has 0 saturated carbocycles. The number of ether oxygens (including phenoxy) is 1. The van der Waals surface area contributed by atoms with Crippen molar-refractivity contribution < 1.29 is 9.53 Å². The van der Waals surface area contributed by atoms with Crippen LogP contribution in [0.3, 0.4) is 0 Å². The normalized spacial score (nSPS) is 10.5. The summed E-state index contributed by atoms with van der Waals surface area (Å²) in [7, 11) is 1.61. The van der Waals surface area contributed by atoms with Gasteiger partial charge in [0.25, 0.3) is 5.91 Å². The highest BCUT2D eigenvalue weighted by molar-refractivity contribution is 14.0. The van der Waals surface area contributed by atoms with Crippen LogP contribution in [-0.2, 0) is 0 Å². The van der Waals surface area contributed by atoms with Gasteiger partial charge in [0.2, 0.25) is 0 Å². The van der Waals surface area contributed by atoms with Gasteiger partial charge in [0, 0.05) is 17.8 Å². The number of guanidine groups is 1. The Morgan fingerprint density at radius 3 is 2.42 bits per heavy atom. The standard InChI is InChI=1S/C17H20N4O2.HI/c1-23-15-9-7-14(8-10-15)21-17(18)20-12-11-19-16(22)13-5-3-2-4-6-13;/h2-10H,11-12H2,1H3,(H,19,22)(H3,18,20,21);1H. The molecule has 24 heavy (non-hydrogen) atoms. The van der Waals surface area contributed by atoms with E-state index in [2.05, 4.69) is 15.6 Å². The van der Waals surface area contributed by atoms with Crippen LogP contribution in [0, 0.1) is 0 Å². The van der Waals surface area contributed by atoms with Crippen LogP contribution in [0.1, 0.15) is 10.4 Å². The van der Waals surface area contributed by atoms with Crippen molar-refractivity contribution in [2.75, 3.05) is 25.5 Å². The summed E-state index contributed by atoms with van der Waals surface area (Å²) in [6.45, 7) is 0.812. The summed E-state index contributed by atoms with van der Waals surface area (Å²) < 4.78 is 5.08. The number of carbonyl (C=O) groups is 1. The van der Waals surface area contributed by atoms with Crippen molar-refractivity contribution >= 4 is 41.5 Å². The Kier molecular flexibility index (Phi) is 8.63. The van der Waals surface area contributed by atoms with Crippen molar-refractivity contribution in [3.05, 3.63) is 60.2 Å². The molecule has 0 heterocycles. The molecule has 2 rings (SSSR count). The molecule has 2 aromatic rings. The average molecular weight is 440 g/mol. The molecule has 7 heteroatoms. The van der Waals surface area contributed by atoms with E-state index in [-0.39, 0.29) is 29.9 Å². The molecule has 0 aliphatic carbocycles. The van der Waals surface area contributed by atoms with E-state index in [1.54, 1.807) is 19.2 Å². The van der Waals surface area contributed by atoms with Gasteiger partial charge in [-0.2, -0.15) is 0 Å². The molecule has 128 valence electrons. The molecule has 0 aliphatic heterocycles. The fourth-order valence-electron chi connectivity index (χ4n) is 1.90. The Morgan fingerprint density at radius 1 is 1.12 bits per heavy atom. The fraction of sp³-hybridized carbons (Fsp3) is 0.176. The van der Waals surface area contributed by atoms with Crippen molar-refractivity contribution in [2.24, 2.45) is 10.7 Å². The van der Waals surface area contributed by atoms with Gasteiger partial charge in [0.05, 0.1) is 13.7 Å². The molecule has 0 aromatic heterocycles. The van der Waals surface area contributed by atoms with Crippen LogP contribution in [0.15, 0.2) is 59.6 Å². The number of amides is 1. The van der Waals surface area contributed by atoms with Gasteiger partial charge in [-0.1, -0.05) is 18.2 Å². The van der Waals surface area contributed by atoms with Gasteiger partial charge in [-0.15, -0.1) is 24.0 Å². The molecule has 6 nitrogen and oxygen atoms in total. The van der Waals surface area contributed by atoms with Crippen molar-refractivity contribution in [2.45, 2.75) is 0 Å². The minimum absolute atomic E-state index is 0. The van der Waals surface area contributed by atoms with Gasteiger partial charge in [0.1, 0.15) is 5.75 Å². The minimum atomic E-state index is -0.123. The lowest BCUT2D eigenvalue weighted by Crippen LogP contribution is -2.28. The molecule has 0 spiro atoms. The molecule has 0 bridgehead atoms. The summed E-state index contributed by atoms with van der Waals surface area (Å²) in [5, 5.41) is 5.76. The lowest BCUT2D eigenvalue weighted by atomic mass is 10.2. The number of hydrogen-bond acceptors (Lipinski definition) is 3. The first kappa shape index (κ1) is 19.8. The van der Waals surface area contributed by atoms with Crippen LogP contribution in [0.2, 0.25) is 0 Å². The van der Waals surface area contributed by atoms with Crippen LogP contribution in [0.4, 0.5) is 5.69 Å². The SMILES string of the molecule is COc1ccc(NC(N)=NCCNC(=O)c2ccccc2)cc1.I. The van der Waals surface area contributed by atoms with E-state index in [1.807, 2.05) is 42.5 Å². The second-order valence-electron chi connectivity index (χ2n) is 4.74. The Labute approximate surface area is 158 Å². The number of methoxy groups -OCH3 is 1. The van der Waals surface area contributed by atoms with Gasteiger partial charge in [-0.3, -0.25) is 9.79 Å². The molecule has 0 saturated heterocycles. The van der Waals surface area contributed by atoms with Gasteiger partial charge in [0.15, 0.2) is 5.96 Å². The predicted molar refractivity (Wildman–Crippen MR) is 107 cm³/mol. The number of halogens is 1. The maximum absolute atomic E-state index is 11.8. The predicted octanol–water partition coefficient (Wildman–Crippen LogP) is 2.47. The zero-order valence-corrected chi connectivity index (χ0v) is 15.7. The number of hydrogen-bond donors (Lipinski definition) is 3. The highest BCUT2D eigenvalue weighted by Gasteiger charge is 2.02. The maximum atomic E-state index is 11.8. The first-order valence-corrected chi connectivity index (χ1v) is 7.23. The topological polar surface area (TPSA) is 88.7 Å². The zero-order valence-electron chi connectivity index (χ0n) is 13.4.